The summed E-state index contributed by atoms with van der Waals surface area (Å²) in [6.07, 6.45) is 5.60. The van der Waals surface area contributed by atoms with Crippen LogP contribution in [0.2, 0.25) is 0 Å². The Morgan fingerprint density at radius 2 is 2.36 bits per heavy atom. The second-order valence-electron chi connectivity index (χ2n) is 2.46. The topological polar surface area (TPSA) is 25.8 Å². The Morgan fingerprint density at radius 3 is 3.00 bits per heavy atom. The minimum atomic E-state index is 0.925. The number of aromatic nitrogens is 2. The van der Waals surface area contributed by atoms with Crippen molar-refractivity contribution in [3.8, 4) is 0 Å². The van der Waals surface area contributed by atoms with Gasteiger partial charge in [0.2, 0.25) is 0 Å². The molecule has 1 aromatic rings. The molecule has 60 valence electrons. The van der Waals surface area contributed by atoms with E-state index in [1.165, 1.54) is 5.56 Å². The number of aryl methyl sites for hydroxylation is 2. The lowest BCUT2D eigenvalue weighted by atomic mass is 10.1. The molecule has 1 heterocycles. The van der Waals surface area contributed by atoms with Gasteiger partial charge >= 0.3 is 0 Å². The van der Waals surface area contributed by atoms with E-state index in [4.69, 9.17) is 0 Å². The van der Waals surface area contributed by atoms with Crippen molar-refractivity contribution in [1.82, 2.24) is 9.97 Å². The van der Waals surface area contributed by atoms with Gasteiger partial charge in [0.1, 0.15) is 6.33 Å². The van der Waals surface area contributed by atoms with Gasteiger partial charge in [0.15, 0.2) is 0 Å². The van der Waals surface area contributed by atoms with Gasteiger partial charge in [-0.15, -0.1) is 0 Å². The highest BCUT2D eigenvalue weighted by molar-refractivity contribution is 7.80. The average molecular weight is 168 g/mol. The minimum absolute atomic E-state index is 0.925. The third-order valence-electron chi connectivity index (χ3n) is 1.62. The Bertz CT molecular complexity index is 225. The zero-order valence-corrected chi connectivity index (χ0v) is 7.51. The summed E-state index contributed by atoms with van der Waals surface area (Å²) in [6, 6.07) is 0. The lowest BCUT2D eigenvalue weighted by Crippen LogP contribution is -1.94. The average Bonchev–Trinajstić information content (AvgIpc) is 2.03. The summed E-state index contributed by atoms with van der Waals surface area (Å²) in [7, 11) is 0. The summed E-state index contributed by atoms with van der Waals surface area (Å²) in [5.41, 5.74) is 2.32. The summed E-state index contributed by atoms with van der Waals surface area (Å²) in [4.78, 5) is 8.06. The molecule has 0 aliphatic carbocycles. The van der Waals surface area contributed by atoms with Gasteiger partial charge in [-0.1, -0.05) is 0 Å². The molecule has 0 aliphatic rings. The van der Waals surface area contributed by atoms with E-state index in [0.717, 1.165) is 24.3 Å². The number of hydrogen-bond donors (Lipinski definition) is 1. The van der Waals surface area contributed by atoms with Gasteiger partial charge in [0, 0.05) is 11.9 Å². The van der Waals surface area contributed by atoms with Crippen LogP contribution in [-0.2, 0) is 6.42 Å². The van der Waals surface area contributed by atoms with Gasteiger partial charge in [0.25, 0.3) is 0 Å². The van der Waals surface area contributed by atoms with Gasteiger partial charge in [0.05, 0.1) is 0 Å². The molecule has 0 aromatic carbocycles. The standard InChI is InChI=1S/C8H12N2S/c1-7-8(3-2-4-11)5-9-6-10-7/h5-6,11H,2-4H2,1H3. The fourth-order valence-electron chi connectivity index (χ4n) is 0.935. The van der Waals surface area contributed by atoms with Crippen molar-refractivity contribution in [2.45, 2.75) is 19.8 Å². The molecule has 0 saturated carbocycles. The molecule has 2 nitrogen and oxygen atoms in total. The number of nitrogens with zero attached hydrogens (tertiary/aromatic N) is 2. The normalized spacial score (nSPS) is 10.0. The summed E-state index contributed by atoms with van der Waals surface area (Å²) >= 11 is 4.14. The summed E-state index contributed by atoms with van der Waals surface area (Å²) in [5, 5.41) is 0. The predicted molar refractivity (Wildman–Crippen MR) is 48.9 cm³/mol. The summed E-state index contributed by atoms with van der Waals surface area (Å²) < 4.78 is 0. The van der Waals surface area contributed by atoms with Gasteiger partial charge in [-0.3, -0.25) is 0 Å². The number of thiol groups is 1. The van der Waals surface area contributed by atoms with Crippen LogP contribution in [0.25, 0.3) is 0 Å². The van der Waals surface area contributed by atoms with Crippen molar-refractivity contribution in [2.75, 3.05) is 5.75 Å². The minimum Gasteiger partial charge on any atom is -0.245 e. The quantitative estimate of drug-likeness (QED) is 0.694. The Balaban J connectivity index is 2.62. The van der Waals surface area contributed by atoms with Crippen molar-refractivity contribution in [1.29, 1.82) is 0 Å². The molecular formula is C8H12N2S. The molecular weight excluding hydrogens is 156 g/mol. The molecule has 0 saturated heterocycles. The van der Waals surface area contributed by atoms with Gasteiger partial charge in [-0.05, 0) is 31.1 Å². The van der Waals surface area contributed by atoms with E-state index in [1.54, 1.807) is 6.33 Å². The van der Waals surface area contributed by atoms with Gasteiger partial charge < -0.3 is 0 Å². The van der Waals surface area contributed by atoms with Crippen LogP contribution in [0.15, 0.2) is 12.5 Å². The molecule has 0 amide bonds. The molecule has 0 atom stereocenters. The molecule has 1 aromatic heterocycles. The Kier molecular flexibility index (Phi) is 3.36. The predicted octanol–water partition coefficient (Wildman–Crippen LogP) is 1.65. The van der Waals surface area contributed by atoms with E-state index in [-0.39, 0.29) is 0 Å². The summed E-state index contributed by atoms with van der Waals surface area (Å²) in [6.45, 7) is 2.01. The van der Waals surface area contributed by atoms with Crippen molar-refractivity contribution in [3.63, 3.8) is 0 Å². The molecule has 1 rings (SSSR count). The smallest absolute Gasteiger partial charge is 0.115 e. The zero-order chi connectivity index (χ0) is 8.10. The van der Waals surface area contributed by atoms with Crippen LogP contribution >= 0.6 is 12.6 Å². The Hall–Kier alpha value is -0.570. The van der Waals surface area contributed by atoms with Crippen LogP contribution in [0.3, 0.4) is 0 Å². The fraction of sp³-hybridized carbons (Fsp3) is 0.500. The van der Waals surface area contributed by atoms with Crippen LogP contribution < -0.4 is 0 Å². The van der Waals surface area contributed by atoms with E-state index in [1.807, 2.05) is 13.1 Å². The second kappa shape index (κ2) is 4.34. The molecule has 11 heavy (non-hydrogen) atoms. The maximum atomic E-state index is 4.14. The van der Waals surface area contributed by atoms with E-state index < -0.39 is 0 Å². The highest BCUT2D eigenvalue weighted by atomic mass is 32.1. The van der Waals surface area contributed by atoms with E-state index >= 15 is 0 Å². The summed E-state index contributed by atoms with van der Waals surface area (Å²) in [5.74, 6) is 0.925. The fourth-order valence-corrected chi connectivity index (χ4v) is 1.09. The third kappa shape index (κ3) is 2.50. The molecule has 0 N–H and O–H groups in total. The van der Waals surface area contributed by atoms with Crippen molar-refractivity contribution in [3.05, 3.63) is 23.8 Å². The second-order valence-corrected chi connectivity index (χ2v) is 2.91. The van der Waals surface area contributed by atoms with E-state index in [2.05, 4.69) is 22.6 Å². The van der Waals surface area contributed by atoms with Crippen LogP contribution in [0, 0.1) is 6.92 Å². The maximum absolute atomic E-state index is 4.14. The van der Waals surface area contributed by atoms with Crippen LogP contribution in [-0.4, -0.2) is 15.7 Å². The molecule has 3 heteroatoms. The largest absolute Gasteiger partial charge is 0.245 e. The maximum Gasteiger partial charge on any atom is 0.115 e. The first-order chi connectivity index (χ1) is 5.34. The monoisotopic (exact) mass is 168 g/mol. The Labute approximate surface area is 72.5 Å². The highest BCUT2D eigenvalue weighted by Crippen LogP contribution is 2.04. The first kappa shape index (κ1) is 8.53. The lowest BCUT2D eigenvalue weighted by Gasteiger charge is -2.00. The van der Waals surface area contributed by atoms with Crippen molar-refractivity contribution in [2.24, 2.45) is 0 Å². The zero-order valence-electron chi connectivity index (χ0n) is 6.62. The first-order valence-electron chi connectivity index (χ1n) is 3.71. The SMILES string of the molecule is Cc1ncncc1CCCS. The van der Waals surface area contributed by atoms with E-state index in [9.17, 15) is 0 Å². The van der Waals surface area contributed by atoms with Crippen LogP contribution in [0.1, 0.15) is 17.7 Å². The third-order valence-corrected chi connectivity index (χ3v) is 1.93. The van der Waals surface area contributed by atoms with Crippen LogP contribution in [0.5, 0.6) is 0 Å². The highest BCUT2D eigenvalue weighted by Gasteiger charge is 1.96. The van der Waals surface area contributed by atoms with Gasteiger partial charge in [-0.2, -0.15) is 12.6 Å². The number of rotatable bonds is 3. The molecule has 0 spiro atoms. The molecule has 0 aliphatic heterocycles. The van der Waals surface area contributed by atoms with Gasteiger partial charge in [-0.25, -0.2) is 9.97 Å². The molecule has 0 unspecified atom stereocenters. The van der Waals surface area contributed by atoms with Crippen molar-refractivity contribution >= 4 is 12.6 Å². The molecule has 0 bridgehead atoms. The lowest BCUT2D eigenvalue weighted by molar-refractivity contribution is 0.893. The molecule has 0 fully saturated rings. The number of hydrogen-bond acceptors (Lipinski definition) is 3. The molecule has 0 radical (unpaired) electrons. The van der Waals surface area contributed by atoms with Crippen LogP contribution in [0.4, 0.5) is 0 Å². The Morgan fingerprint density at radius 1 is 1.55 bits per heavy atom. The van der Waals surface area contributed by atoms with Crippen molar-refractivity contribution < 1.29 is 0 Å². The van der Waals surface area contributed by atoms with E-state index in [0.29, 0.717) is 0 Å². The first-order valence-corrected chi connectivity index (χ1v) is 4.34.